The molecule has 5 rings (SSSR count). The summed E-state index contributed by atoms with van der Waals surface area (Å²) in [5.41, 5.74) is 2.63. The molecule has 34 heavy (non-hydrogen) atoms. The summed E-state index contributed by atoms with van der Waals surface area (Å²) < 4.78 is 13.8. The molecule has 3 heterocycles. The fourth-order valence-corrected chi connectivity index (χ4v) is 4.38. The highest BCUT2D eigenvalue weighted by Crippen LogP contribution is 2.37. The Balaban J connectivity index is 1.46. The summed E-state index contributed by atoms with van der Waals surface area (Å²) >= 11 is 0. The molecular formula is C25H26N6O3. The number of amides is 1. The van der Waals surface area contributed by atoms with Gasteiger partial charge < -0.3 is 19.7 Å². The molecule has 1 N–H and O–H groups in total. The van der Waals surface area contributed by atoms with Gasteiger partial charge in [0.1, 0.15) is 18.2 Å². The maximum Gasteiger partial charge on any atom is 0.245 e. The predicted octanol–water partition coefficient (Wildman–Crippen LogP) is 3.82. The van der Waals surface area contributed by atoms with Crippen LogP contribution in [0.15, 0.2) is 55.5 Å². The number of ether oxygens (including phenoxy) is 2. The van der Waals surface area contributed by atoms with Crippen LogP contribution in [0.4, 0.5) is 11.5 Å². The highest BCUT2D eigenvalue weighted by molar-refractivity contribution is 5.97. The van der Waals surface area contributed by atoms with Crippen molar-refractivity contribution in [2.45, 2.75) is 18.9 Å². The third kappa shape index (κ3) is 4.00. The second-order valence-electron chi connectivity index (χ2n) is 8.23. The number of benzene rings is 2. The Bertz CT molecular complexity index is 1370. The summed E-state index contributed by atoms with van der Waals surface area (Å²) in [7, 11) is 3.53. The lowest BCUT2D eigenvalue weighted by Gasteiger charge is -2.31. The molecule has 9 nitrogen and oxygen atoms in total. The van der Waals surface area contributed by atoms with Crippen molar-refractivity contribution in [2.24, 2.45) is 7.05 Å². The first-order valence-electron chi connectivity index (χ1n) is 11.2. The second-order valence-corrected chi connectivity index (χ2v) is 8.23. The van der Waals surface area contributed by atoms with Crippen molar-refractivity contribution in [1.29, 1.82) is 0 Å². The number of fused-ring (bicyclic) bond motifs is 2. The summed E-state index contributed by atoms with van der Waals surface area (Å²) in [4.78, 5) is 22.6. The third-order valence-electron chi connectivity index (χ3n) is 6.16. The van der Waals surface area contributed by atoms with Crippen LogP contribution in [-0.4, -0.2) is 56.9 Å². The number of nitrogens with zero attached hydrogens (tertiary/aromatic N) is 5. The van der Waals surface area contributed by atoms with Gasteiger partial charge in [-0.05, 0) is 18.2 Å². The van der Waals surface area contributed by atoms with E-state index in [1.54, 1.807) is 12.0 Å². The minimum atomic E-state index is -0.0435. The maximum absolute atomic E-state index is 11.9. The first-order chi connectivity index (χ1) is 16.6. The summed E-state index contributed by atoms with van der Waals surface area (Å²) in [5.74, 6) is 1.85. The van der Waals surface area contributed by atoms with Gasteiger partial charge in [0.05, 0.1) is 30.0 Å². The van der Waals surface area contributed by atoms with Crippen LogP contribution in [0.2, 0.25) is 0 Å². The van der Waals surface area contributed by atoms with Crippen molar-refractivity contribution >= 4 is 39.2 Å². The van der Waals surface area contributed by atoms with E-state index in [4.69, 9.17) is 9.47 Å². The quantitative estimate of drug-likeness (QED) is 0.439. The number of methoxy groups -OCH3 is 1. The summed E-state index contributed by atoms with van der Waals surface area (Å²) in [5, 5.41) is 9.67. The van der Waals surface area contributed by atoms with Gasteiger partial charge in [-0.25, -0.2) is 9.97 Å². The van der Waals surface area contributed by atoms with Crippen LogP contribution in [0.5, 0.6) is 11.5 Å². The van der Waals surface area contributed by atoms with Crippen molar-refractivity contribution in [1.82, 2.24) is 24.6 Å². The zero-order valence-corrected chi connectivity index (χ0v) is 19.2. The van der Waals surface area contributed by atoms with E-state index in [-0.39, 0.29) is 12.0 Å². The Morgan fingerprint density at radius 1 is 1.21 bits per heavy atom. The van der Waals surface area contributed by atoms with Crippen LogP contribution in [0, 0.1) is 0 Å². The minimum absolute atomic E-state index is 0.0237. The second kappa shape index (κ2) is 9.01. The molecule has 1 saturated heterocycles. The van der Waals surface area contributed by atoms with E-state index in [1.807, 2.05) is 48.3 Å². The third-order valence-corrected chi connectivity index (χ3v) is 6.16. The zero-order chi connectivity index (χ0) is 23.7. The molecule has 2 aromatic heterocycles. The van der Waals surface area contributed by atoms with E-state index in [1.165, 1.54) is 12.4 Å². The van der Waals surface area contributed by atoms with Crippen LogP contribution in [0.1, 0.15) is 12.8 Å². The average molecular weight is 459 g/mol. The average Bonchev–Trinajstić information content (AvgIpc) is 3.25. The molecule has 2 aromatic carbocycles. The van der Waals surface area contributed by atoms with Gasteiger partial charge in [-0.1, -0.05) is 18.7 Å². The predicted molar refractivity (Wildman–Crippen MR) is 131 cm³/mol. The summed E-state index contributed by atoms with van der Waals surface area (Å²) in [6.45, 7) is 4.84. The molecule has 0 radical (unpaired) electrons. The Morgan fingerprint density at radius 2 is 2.03 bits per heavy atom. The zero-order valence-electron chi connectivity index (χ0n) is 19.2. The van der Waals surface area contributed by atoms with Gasteiger partial charge in [0.2, 0.25) is 5.91 Å². The van der Waals surface area contributed by atoms with Gasteiger partial charge in [-0.2, -0.15) is 5.10 Å². The van der Waals surface area contributed by atoms with Crippen LogP contribution < -0.4 is 14.8 Å². The lowest BCUT2D eigenvalue weighted by atomic mass is 10.1. The van der Waals surface area contributed by atoms with Gasteiger partial charge in [-0.15, -0.1) is 0 Å². The molecule has 1 aliphatic rings. The Hall–Kier alpha value is -4.14. The van der Waals surface area contributed by atoms with Crippen LogP contribution in [-0.2, 0) is 11.8 Å². The number of piperidine rings is 1. The minimum Gasteiger partial charge on any atom is -0.493 e. The molecule has 0 spiro atoms. The Kier molecular flexibility index (Phi) is 5.75. The lowest BCUT2D eigenvalue weighted by molar-refractivity contribution is -0.127. The summed E-state index contributed by atoms with van der Waals surface area (Å²) in [6, 6.07) is 9.78. The Labute approximate surface area is 197 Å². The smallest absolute Gasteiger partial charge is 0.245 e. The van der Waals surface area contributed by atoms with E-state index in [0.717, 1.165) is 40.3 Å². The molecule has 0 saturated carbocycles. The number of carbonyl (C=O) groups excluding carboxylic acids is 1. The number of likely N-dealkylation sites (tertiary alicyclic amines) is 1. The van der Waals surface area contributed by atoms with Gasteiger partial charge >= 0.3 is 0 Å². The Morgan fingerprint density at radius 3 is 2.79 bits per heavy atom. The molecule has 0 atom stereocenters. The summed E-state index contributed by atoms with van der Waals surface area (Å²) in [6.07, 6.45) is 6.17. The molecule has 9 heteroatoms. The lowest BCUT2D eigenvalue weighted by Crippen LogP contribution is -2.41. The van der Waals surface area contributed by atoms with Crippen LogP contribution in [0.25, 0.3) is 21.8 Å². The first kappa shape index (κ1) is 21.7. The van der Waals surface area contributed by atoms with Crippen molar-refractivity contribution < 1.29 is 14.3 Å². The first-order valence-corrected chi connectivity index (χ1v) is 11.2. The fourth-order valence-electron chi connectivity index (χ4n) is 4.38. The number of aromatic nitrogens is 4. The fraction of sp³-hybridized carbons (Fsp3) is 0.280. The molecule has 0 aliphatic carbocycles. The normalized spacial score (nSPS) is 14.4. The van der Waals surface area contributed by atoms with E-state index >= 15 is 0 Å². The van der Waals surface area contributed by atoms with Crippen molar-refractivity contribution in [3.8, 4) is 11.5 Å². The molecule has 174 valence electrons. The maximum atomic E-state index is 11.9. The van der Waals surface area contributed by atoms with Crippen molar-refractivity contribution in [2.75, 3.05) is 25.5 Å². The molecule has 4 aromatic rings. The van der Waals surface area contributed by atoms with E-state index in [0.29, 0.717) is 30.4 Å². The molecular weight excluding hydrogens is 432 g/mol. The van der Waals surface area contributed by atoms with E-state index in [9.17, 15) is 4.79 Å². The van der Waals surface area contributed by atoms with Crippen molar-refractivity contribution in [3.63, 3.8) is 0 Å². The van der Waals surface area contributed by atoms with E-state index in [2.05, 4.69) is 27.0 Å². The number of hydrogen-bond donors (Lipinski definition) is 1. The highest BCUT2D eigenvalue weighted by atomic mass is 16.5. The monoisotopic (exact) mass is 458 g/mol. The highest BCUT2D eigenvalue weighted by Gasteiger charge is 2.24. The van der Waals surface area contributed by atoms with Crippen LogP contribution in [0.3, 0.4) is 0 Å². The number of para-hydroxylation sites is 1. The molecule has 0 bridgehead atoms. The number of anilines is 2. The van der Waals surface area contributed by atoms with Gasteiger partial charge in [0, 0.05) is 49.8 Å². The molecule has 0 unspecified atom stereocenters. The number of hydrogen-bond acceptors (Lipinski definition) is 7. The van der Waals surface area contributed by atoms with Crippen molar-refractivity contribution in [3.05, 3.63) is 55.5 Å². The topological polar surface area (TPSA) is 94.4 Å². The van der Waals surface area contributed by atoms with Gasteiger partial charge in [-0.3, -0.25) is 9.48 Å². The SMILES string of the molecule is C=CC(=O)N1CCC(Oc2cc3c(Nc4cccc5cnn(C)c45)ncnc3cc2OC)CC1. The van der Waals surface area contributed by atoms with Gasteiger partial charge in [0.25, 0.3) is 0 Å². The number of nitrogens with one attached hydrogen (secondary N) is 1. The number of rotatable bonds is 6. The number of carbonyl (C=O) groups is 1. The number of aryl methyl sites for hydroxylation is 1. The molecule has 1 aliphatic heterocycles. The van der Waals surface area contributed by atoms with Crippen LogP contribution >= 0.6 is 0 Å². The largest absolute Gasteiger partial charge is 0.493 e. The molecule has 1 amide bonds. The standard InChI is InChI=1S/C25H26N6O3/c1-4-23(32)31-10-8-17(9-11-31)34-22-12-18-20(13-21(22)33-3)26-15-27-25(18)29-19-7-5-6-16-14-28-30(2)24(16)19/h4-7,12-15,17H,1,8-11H2,2-3H3,(H,26,27,29). The molecule has 1 fully saturated rings. The van der Waals surface area contributed by atoms with Gasteiger partial charge in [0.15, 0.2) is 11.5 Å². The van der Waals surface area contributed by atoms with E-state index < -0.39 is 0 Å².